The molecule has 0 aromatic heterocycles. The minimum Gasteiger partial charge on any atom is -0.385 e. The number of anilines is 2. The number of urea groups is 1. The van der Waals surface area contributed by atoms with Gasteiger partial charge in [-0.05, 0) is 49.1 Å². The fourth-order valence-corrected chi connectivity index (χ4v) is 3.87. The van der Waals surface area contributed by atoms with E-state index in [1.54, 1.807) is 30.2 Å². The van der Waals surface area contributed by atoms with Crippen LogP contribution in [0.5, 0.6) is 0 Å². The van der Waals surface area contributed by atoms with E-state index in [2.05, 4.69) is 5.32 Å². The van der Waals surface area contributed by atoms with Crippen LogP contribution in [0, 0.1) is 0 Å². The number of aryl methyl sites for hydroxylation is 1. The number of nitrogens with zero attached hydrogens (tertiary/aromatic N) is 2. The predicted molar refractivity (Wildman–Crippen MR) is 109 cm³/mol. The first-order chi connectivity index (χ1) is 14.1. The van der Waals surface area contributed by atoms with Crippen LogP contribution in [-0.2, 0) is 11.2 Å². The van der Waals surface area contributed by atoms with Crippen molar-refractivity contribution in [2.75, 3.05) is 37.0 Å². The van der Waals surface area contributed by atoms with E-state index < -0.39 is 0 Å². The van der Waals surface area contributed by atoms with Crippen molar-refractivity contribution < 1.29 is 19.1 Å². The number of carbonyl (C=O) groups excluding carboxylic acids is 3. The van der Waals surface area contributed by atoms with Gasteiger partial charge in [0.05, 0.1) is 11.1 Å². The molecular formula is C22H23N3O4. The van der Waals surface area contributed by atoms with E-state index in [0.29, 0.717) is 42.9 Å². The molecule has 7 heteroatoms. The zero-order valence-corrected chi connectivity index (χ0v) is 16.3. The number of hydrogen-bond acceptors (Lipinski definition) is 4. The maximum absolute atomic E-state index is 12.9. The third-order valence-electron chi connectivity index (χ3n) is 5.31. The van der Waals surface area contributed by atoms with Gasteiger partial charge in [0.2, 0.25) is 0 Å². The van der Waals surface area contributed by atoms with Crippen molar-refractivity contribution in [3.8, 4) is 0 Å². The summed E-state index contributed by atoms with van der Waals surface area (Å²) in [4.78, 5) is 40.9. The Morgan fingerprint density at radius 1 is 1.10 bits per heavy atom. The molecule has 2 aromatic rings. The molecule has 0 saturated carbocycles. The predicted octanol–water partition coefficient (Wildman–Crippen LogP) is 3.30. The highest BCUT2D eigenvalue weighted by Crippen LogP contribution is 2.29. The highest BCUT2D eigenvalue weighted by molar-refractivity contribution is 6.22. The fraction of sp³-hybridized carbons (Fsp3) is 0.318. The first-order valence-corrected chi connectivity index (χ1v) is 9.76. The molecule has 0 aliphatic carbocycles. The zero-order valence-electron chi connectivity index (χ0n) is 16.3. The average Bonchev–Trinajstić information content (AvgIpc) is 2.98. The van der Waals surface area contributed by atoms with Gasteiger partial charge in [0.25, 0.3) is 11.8 Å². The first-order valence-electron chi connectivity index (χ1n) is 9.76. The molecule has 7 nitrogen and oxygen atoms in total. The van der Waals surface area contributed by atoms with Crippen LogP contribution in [0.1, 0.15) is 39.1 Å². The molecule has 29 heavy (non-hydrogen) atoms. The third kappa shape index (κ3) is 3.61. The van der Waals surface area contributed by atoms with Crippen LogP contribution >= 0.6 is 0 Å². The summed E-state index contributed by atoms with van der Waals surface area (Å²) >= 11 is 0. The Morgan fingerprint density at radius 2 is 1.90 bits per heavy atom. The van der Waals surface area contributed by atoms with E-state index in [1.807, 2.05) is 24.3 Å². The van der Waals surface area contributed by atoms with Gasteiger partial charge in [0.1, 0.15) is 0 Å². The van der Waals surface area contributed by atoms with E-state index in [1.165, 1.54) is 4.90 Å². The number of para-hydroxylation sites is 1. The minimum absolute atomic E-state index is 0.245. The zero-order chi connectivity index (χ0) is 20.4. The molecule has 2 aliphatic rings. The van der Waals surface area contributed by atoms with E-state index in [4.69, 9.17) is 4.74 Å². The first kappa shape index (κ1) is 19.1. The molecule has 0 bridgehead atoms. The molecule has 150 valence electrons. The lowest BCUT2D eigenvalue weighted by molar-refractivity contribution is 0.0638. The number of hydrogen-bond donors (Lipinski definition) is 1. The molecule has 0 fully saturated rings. The van der Waals surface area contributed by atoms with E-state index >= 15 is 0 Å². The van der Waals surface area contributed by atoms with E-state index in [-0.39, 0.29) is 17.8 Å². The molecule has 0 saturated heterocycles. The number of carbonyl (C=O) groups is 3. The Morgan fingerprint density at radius 3 is 2.72 bits per heavy atom. The lowest BCUT2D eigenvalue weighted by Crippen LogP contribution is -2.38. The van der Waals surface area contributed by atoms with Gasteiger partial charge in [-0.2, -0.15) is 0 Å². The van der Waals surface area contributed by atoms with Crippen molar-refractivity contribution in [3.63, 3.8) is 0 Å². The minimum atomic E-state index is -0.333. The van der Waals surface area contributed by atoms with Gasteiger partial charge >= 0.3 is 6.03 Å². The summed E-state index contributed by atoms with van der Waals surface area (Å²) in [5.41, 5.74) is 3.25. The highest BCUT2D eigenvalue weighted by Gasteiger charge is 2.35. The molecule has 2 aliphatic heterocycles. The van der Waals surface area contributed by atoms with Gasteiger partial charge in [-0.1, -0.05) is 18.2 Å². The maximum atomic E-state index is 12.9. The van der Waals surface area contributed by atoms with Crippen LogP contribution in [0.25, 0.3) is 0 Å². The SMILES string of the molecule is COCCCN1C(=O)c2ccc(NC(=O)N3CCCc4ccccc43)cc2C1=O. The Bertz CT molecular complexity index is 972. The van der Waals surface area contributed by atoms with Crippen LogP contribution in [0.3, 0.4) is 0 Å². The van der Waals surface area contributed by atoms with Gasteiger partial charge in [0, 0.05) is 38.2 Å². The van der Waals surface area contributed by atoms with Crippen molar-refractivity contribution in [3.05, 3.63) is 59.2 Å². The van der Waals surface area contributed by atoms with Crippen LogP contribution in [-0.4, -0.2) is 49.6 Å². The number of nitrogens with one attached hydrogen (secondary N) is 1. The van der Waals surface area contributed by atoms with Gasteiger partial charge in [0.15, 0.2) is 0 Å². The van der Waals surface area contributed by atoms with Crippen LogP contribution in [0.2, 0.25) is 0 Å². The molecule has 0 radical (unpaired) electrons. The number of ether oxygens (including phenoxy) is 1. The molecule has 4 rings (SSSR count). The monoisotopic (exact) mass is 393 g/mol. The fourth-order valence-electron chi connectivity index (χ4n) is 3.87. The summed E-state index contributed by atoms with van der Waals surface area (Å²) in [7, 11) is 1.58. The number of fused-ring (bicyclic) bond motifs is 2. The topological polar surface area (TPSA) is 79.0 Å². The lowest BCUT2D eigenvalue weighted by Gasteiger charge is -2.29. The second-order valence-electron chi connectivity index (χ2n) is 7.18. The van der Waals surface area contributed by atoms with Crippen molar-refractivity contribution in [2.24, 2.45) is 0 Å². The largest absolute Gasteiger partial charge is 0.385 e. The van der Waals surface area contributed by atoms with E-state index in [0.717, 1.165) is 24.1 Å². The highest BCUT2D eigenvalue weighted by atomic mass is 16.5. The smallest absolute Gasteiger partial charge is 0.326 e. The average molecular weight is 393 g/mol. The molecule has 1 N–H and O–H groups in total. The second kappa shape index (κ2) is 8.05. The number of benzene rings is 2. The van der Waals surface area contributed by atoms with Crippen LogP contribution in [0.15, 0.2) is 42.5 Å². The Hall–Kier alpha value is -3.19. The number of imide groups is 1. The Balaban J connectivity index is 1.51. The summed E-state index contributed by atoms with van der Waals surface area (Å²) in [6.07, 6.45) is 2.44. The molecular weight excluding hydrogens is 370 g/mol. The van der Waals surface area contributed by atoms with Gasteiger partial charge in [-0.15, -0.1) is 0 Å². The van der Waals surface area contributed by atoms with Crippen molar-refractivity contribution in [2.45, 2.75) is 19.3 Å². The summed E-state index contributed by atoms with van der Waals surface area (Å²) < 4.78 is 4.99. The molecule has 0 unspecified atom stereocenters. The van der Waals surface area contributed by atoms with Gasteiger partial charge in [-0.3, -0.25) is 19.4 Å². The molecule has 2 heterocycles. The number of amides is 4. The second-order valence-corrected chi connectivity index (χ2v) is 7.18. The summed E-state index contributed by atoms with van der Waals surface area (Å²) in [6, 6.07) is 12.5. The standard InChI is InChI=1S/C22H23N3O4/c1-29-13-5-12-25-20(26)17-10-9-16(14-18(17)21(25)27)23-22(28)24-11-4-7-15-6-2-3-8-19(15)24/h2-3,6,8-10,14H,4-5,7,11-13H2,1H3,(H,23,28). The van der Waals surface area contributed by atoms with Crippen LogP contribution in [0.4, 0.5) is 16.2 Å². The molecule has 4 amide bonds. The third-order valence-corrected chi connectivity index (χ3v) is 5.31. The Kier molecular flexibility index (Phi) is 5.31. The lowest BCUT2D eigenvalue weighted by atomic mass is 10.0. The normalized spacial score (nSPS) is 15.3. The molecule has 0 atom stereocenters. The number of methoxy groups -OCH3 is 1. The summed E-state index contributed by atoms with van der Waals surface area (Å²) in [6.45, 7) is 1.43. The number of rotatable bonds is 5. The molecule has 0 spiro atoms. The van der Waals surface area contributed by atoms with Crippen molar-refractivity contribution in [1.82, 2.24) is 4.90 Å². The summed E-state index contributed by atoms with van der Waals surface area (Å²) in [5, 5.41) is 2.87. The maximum Gasteiger partial charge on any atom is 0.326 e. The Labute approximate surface area is 169 Å². The van der Waals surface area contributed by atoms with Crippen LogP contribution < -0.4 is 10.2 Å². The van der Waals surface area contributed by atoms with E-state index in [9.17, 15) is 14.4 Å². The van der Waals surface area contributed by atoms with Gasteiger partial charge < -0.3 is 10.1 Å². The molecule has 2 aromatic carbocycles. The quantitative estimate of drug-likeness (QED) is 0.624. The van der Waals surface area contributed by atoms with Crippen molar-refractivity contribution in [1.29, 1.82) is 0 Å². The summed E-state index contributed by atoms with van der Waals surface area (Å²) in [5.74, 6) is -0.635. The van der Waals surface area contributed by atoms with Crippen molar-refractivity contribution >= 4 is 29.2 Å². The van der Waals surface area contributed by atoms with Gasteiger partial charge in [-0.25, -0.2) is 4.79 Å².